The van der Waals surface area contributed by atoms with E-state index >= 15 is 8.78 Å². The van der Waals surface area contributed by atoms with E-state index in [-0.39, 0.29) is 28.5 Å². The molecule has 6 bridgehead atoms. The van der Waals surface area contributed by atoms with Crippen molar-refractivity contribution < 1.29 is 36.9 Å². The monoisotopic (exact) mass is 707 g/mol. The fourth-order valence-corrected chi connectivity index (χ4v) is 7.20. The molecule has 7 rings (SSSR count). The molecule has 0 radical (unpaired) electrons. The third kappa shape index (κ3) is 7.74. The van der Waals surface area contributed by atoms with Crippen LogP contribution in [0, 0.1) is 12.7 Å². The summed E-state index contributed by atoms with van der Waals surface area (Å²) in [7, 11) is 1.27. The molecule has 0 unspecified atom stereocenters. The predicted octanol–water partition coefficient (Wildman–Crippen LogP) is 9.41. The third-order valence-electron chi connectivity index (χ3n) is 9.91. The molecule has 11 heteroatoms. The molecule has 0 spiro atoms. The minimum absolute atomic E-state index is 0.0834. The van der Waals surface area contributed by atoms with E-state index in [1.165, 1.54) is 19.2 Å². The Bertz CT molecular complexity index is 1890. The van der Waals surface area contributed by atoms with Crippen LogP contribution < -0.4 is 9.64 Å². The van der Waals surface area contributed by atoms with Crippen LogP contribution in [0.5, 0.6) is 5.75 Å². The van der Waals surface area contributed by atoms with Crippen LogP contribution >= 0.6 is 0 Å². The van der Waals surface area contributed by atoms with Gasteiger partial charge in [0, 0.05) is 42.6 Å². The van der Waals surface area contributed by atoms with Gasteiger partial charge in [-0.05, 0) is 109 Å². The maximum absolute atomic E-state index is 15.2. The summed E-state index contributed by atoms with van der Waals surface area (Å²) in [5.74, 6) is 0.0115. The van der Waals surface area contributed by atoms with E-state index in [4.69, 9.17) is 23.9 Å². The predicted molar refractivity (Wildman–Crippen MR) is 191 cm³/mol. The number of piperidine rings is 1. The average molecular weight is 708 g/mol. The van der Waals surface area contributed by atoms with Gasteiger partial charge in [-0.1, -0.05) is 18.2 Å². The number of fused-ring (bicyclic) bond motifs is 8. The normalized spacial score (nSPS) is 20.7. The summed E-state index contributed by atoms with van der Waals surface area (Å²) in [6.45, 7) is 12.8. The van der Waals surface area contributed by atoms with Gasteiger partial charge in [-0.25, -0.2) is 22.9 Å². The second-order valence-corrected chi connectivity index (χ2v) is 15.0. The maximum Gasteiger partial charge on any atom is 0.339 e. The van der Waals surface area contributed by atoms with Gasteiger partial charge in [0.25, 0.3) is 6.43 Å². The number of methoxy groups -OCH3 is 1. The molecular weight excluding hydrogens is 659 g/mol. The number of hydrogen-bond donors (Lipinski definition) is 0. The van der Waals surface area contributed by atoms with Crippen molar-refractivity contribution in [2.24, 2.45) is 0 Å². The number of hydrogen-bond acceptors (Lipinski definition) is 7. The van der Waals surface area contributed by atoms with E-state index in [9.17, 15) is 9.18 Å². The van der Waals surface area contributed by atoms with Crippen molar-refractivity contribution in [2.45, 2.75) is 103 Å². The van der Waals surface area contributed by atoms with Crippen molar-refractivity contribution in [1.82, 2.24) is 9.38 Å². The van der Waals surface area contributed by atoms with Gasteiger partial charge in [-0.3, -0.25) is 4.40 Å². The van der Waals surface area contributed by atoms with Crippen LogP contribution in [0.4, 0.5) is 19.0 Å². The highest BCUT2D eigenvalue weighted by molar-refractivity contribution is 5.83. The average Bonchev–Trinajstić information content (AvgIpc) is 3.51. The van der Waals surface area contributed by atoms with Gasteiger partial charge in [-0.15, -0.1) is 0 Å². The van der Waals surface area contributed by atoms with Crippen LogP contribution in [0.3, 0.4) is 0 Å². The quantitative estimate of drug-likeness (QED) is 0.196. The Morgan fingerprint density at radius 1 is 1.06 bits per heavy atom. The van der Waals surface area contributed by atoms with Crippen LogP contribution in [0.2, 0.25) is 0 Å². The summed E-state index contributed by atoms with van der Waals surface area (Å²) in [6.07, 6.45) is 1.35. The van der Waals surface area contributed by atoms with Crippen molar-refractivity contribution in [3.8, 4) is 28.1 Å². The Labute approximate surface area is 297 Å². The zero-order valence-electron chi connectivity index (χ0n) is 30.5. The summed E-state index contributed by atoms with van der Waals surface area (Å²) in [4.78, 5) is 20.5. The highest BCUT2D eigenvalue weighted by Gasteiger charge is 2.39. The fourth-order valence-electron chi connectivity index (χ4n) is 7.20. The summed E-state index contributed by atoms with van der Waals surface area (Å²) < 4.78 is 71.2. The van der Waals surface area contributed by atoms with Gasteiger partial charge < -0.3 is 23.8 Å². The molecule has 1 fully saturated rings. The number of carbonyl (C=O) groups excluding carboxylic acids is 1. The van der Waals surface area contributed by atoms with E-state index in [0.717, 1.165) is 19.3 Å². The number of imidazole rings is 1. The van der Waals surface area contributed by atoms with E-state index in [1.54, 1.807) is 23.6 Å². The molecule has 3 aliphatic rings. The molecule has 4 aromatic rings. The molecule has 0 aliphatic carbocycles. The number of alkyl halides is 2. The number of esters is 1. The van der Waals surface area contributed by atoms with Crippen LogP contribution in [0.15, 0.2) is 48.7 Å². The minimum Gasteiger partial charge on any atom is -0.490 e. The Balaban J connectivity index is 1.61. The number of halogens is 3. The summed E-state index contributed by atoms with van der Waals surface area (Å²) in [6, 6.07) is 11.9. The van der Waals surface area contributed by atoms with Gasteiger partial charge >= 0.3 is 5.97 Å². The highest BCUT2D eigenvalue weighted by Crippen LogP contribution is 2.44. The number of ether oxygens (including phenoxy) is 4. The molecule has 2 atom stereocenters. The Morgan fingerprint density at radius 2 is 1.78 bits per heavy atom. The fraction of sp³-hybridized carbons (Fsp3) is 0.500. The topological polar surface area (TPSA) is 74.5 Å². The third-order valence-corrected chi connectivity index (χ3v) is 9.91. The molecule has 2 aromatic heterocycles. The first-order chi connectivity index (χ1) is 24.2. The molecule has 51 heavy (non-hydrogen) atoms. The lowest BCUT2D eigenvalue weighted by molar-refractivity contribution is -0.164. The van der Waals surface area contributed by atoms with Gasteiger partial charge in [0.15, 0.2) is 6.10 Å². The molecule has 0 N–H and O–H groups in total. The van der Waals surface area contributed by atoms with Gasteiger partial charge in [0.05, 0.1) is 35.7 Å². The molecule has 8 nitrogen and oxygen atoms in total. The smallest absolute Gasteiger partial charge is 0.339 e. The van der Waals surface area contributed by atoms with E-state index in [1.807, 2.05) is 52.0 Å². The molecule has 0 amide bonds. The first-order valence-electron chi connectivity index (χ1n) is 17.7. The van der Waals surface area contributed by atoms with Crippen molar-refractivity contribution in [1.29, 1.82) is 0 Å². The lowest BCUT2D eigenvalue weighted by Gasteiger charge is -2.42. The number of pyridine rings is 1. The van der Waals surface area contributed by atoms with Gasteiger partial charge in [-0.2, -0.15) is 0 Å². The van der Waals surface area contributed by atoms with Crippen LogP contribution in [-0.4, -0.2) is 59.5 Å². The second kappa shape index (κ2) is 14.5. The molecule has 2 aromatic carbocycles. The molecule has 274 valence electrons. The number of aromatic nitrogens is 2. The maximum atomic E-state index is 15.2. The van der Waals surface area contributed by atoms with E-state index in [0.29, 0.717) is 72.1 Å². The molecule has 5 heterocycles. The van der Waals surface area contributed by atoms with Crippen LogP contribution in [0.1, 0.15) is 95.9 Å². The molecular formula is C40H48F3N3O5. The zero-order chi connectivity index (χ0) is 36.7. The van der Waals surface area contributed by atoms with E-state index in [2.05, 4.69) is 11.8 Å². The SMILES string of the molecule is COC(=O)[C@@H](OC(C)(C)C)c1c(C)c(C(F)F)c2nc3cn2c1N1CCC(C)(CC1)OCCCC[C@H](C)Oc1ccc(F)cc1-c1cccc-3c1. The van der Waals surface area contributed by atoms with Crippen molar-refractivity contribution >= 4 is 17.4 Å². The first-order valence-corrected chi connectivity index (χ1v) is 17.7. The second-order valence-electron chi connectivity index (χ2n) is 15.0. The zero-order valence-corrected chi connectivity index (χ0v) is 30.5. The first kappa shape index (κ1) is 36.7. The van der Waals surface area contributed by atoms with Crippen LogP contribution in [-0.2, 0) is 19.0 Å². The Kier molecular flexibility index (Phi) is 10.4. The number of carbonyl (C=O) groups is 1. The Morgan fingerprint density at radius 3 is 2.47 bits per heavy atom. The number of nitrogens with zero attached hydrogens (tertiary/aromatic N) is 3. The van der Waals surface area contributed by atoms with Crippen LogP contribution in [0.25, 0.3) is 28.0 Å². The summed E-state index contributed by atoms with van der Waals surface area (Å²) in [5.41, 5.74) is 1.50. The number of rotatable bonds is 4. The highest BCUT2D eigenvalue weighted by atomic mass is 19.3. The minimum atomic E-state index is -2.91. The summed E-state index contributed by atoms with van der Waals surface area (Å²) >= 11 is 0. The molecule has 1 saturated heterocycles. The van der Waals surface area contributed by atoms with Gasteiger partial charge in [0.2, 0.25) is 0 Å². The summed E-state index contributed by atoms with van der Waals surface area (Å²) in [5, 5.41) is 0. The number of anilines is 1. The molecule has 0 saturated carbocycles. The standard InChI is InChI=1S/C40H48F3N3O5/c1-24-11-8-9-20-49-40(6)16-18-45(19-17-40)37-32(34(38(47)48-7)51-39(3,4)5)25(2)33(35(42)43)36-44-30(23-46(36)37)27-13-10-12-26(21-27)29-22-28(41)14-15-31(29)50-24/h10,12-15,21-24,34-35H,8-9,11,16-20H2,1-7H3/t24-,34-/m0/s1. The largest absolute Gasteiger partial charge is 0.490 e. The van der Waals surface area contributed by atoms with Gasteiger partial charge in [0.1, 0.15) is 23.0 Å². The van der Waals surface area contributed by atoms with Crippen molar-refractivity contribution in [2.75, 3.05) is 31.7 Å². The van der Waals surface area contributed by atoms with E-state index < -0.39 is 29.9 Å². The lowest BCUT2D eigenvalue weighted by atomic mass is 9.91. The number of benzene rings is 2. The van der Waals surface area contributed by atoms with Crippen molar-refractivity contribution in [3.05, 3.63) is 71.2 Å². The Hall–Kier alpha value is -4.09. The molecule has 3 aliphatic heterocycles. The lowest BCUT2D eigenvalue weighted by Crippen LogP contribution is -2.45. The van der Waals surface area contributed by atoms with Crippen molar-refractivity contribution in [3.63, 3.8) is 0 Å².